The monoisotopic (exact) mass is 342 g/mol. The summed E-state index contributed by atoms with van der Waals surface area (Å²) >= 11 is 3.48. The molecule has 0 unspecified atom stereocenters. The van der Waals surface area contributed by atoms with E-state index in [4.69, 9.17) is 0 Å². The maximum atomic E-state index is 11.8. The summed E-state index contributed by atoms with van der Waals surface area (Å²) in [5.74, 6) is 0.453. The van der Waals surface area contributed by atoms with E-state index in [0.29, 0.717) is 19.0 Å². The van der Waals surface area contributed by atoms with Gasteiger partial charge in [-0.15, -0.1) is 0 Å². The van der Waals surface area contributed by atoms with Crippen molar-refractivity contribution in [3.63, 3.8) is 0 Å². The molecule has 112 valence electrons. The molecule has 1 rings (SSSR count). The van der Waals surface area contributed by atoms with Crippen molar-refractivity contribution in [3.05, 3.63) is 28.2 Å². The summed E-state index contributed by atoms with van der Waals surface area (Å²) in [5.41, 5.74) is 1.77. The Morgan fingerprint density at radius 1 is 1.40 bits per heavy atom. The Morgan fingerprint density at radius 2 is 2.05 bits per heavy atom. The first-order valence-electron chi connectivity index (χ1n) is 6.76. The summed E-state index contributed by atoms with van der Waals surface area (Å²) in [6, 6.07) is 5.65. The zero-order chi connectivity index (χ0) is 15.3. The van der Waals surface area contributed by atoms with Crippen LogP contribution in [0, 0.1) is 5.92 Å². The molecule has 0 bridgehead atoms. The van der Waals surface area contributed by atoms with Gasteiger partial charge in [-0.2, -0.15) is 0 Å². The number of hydrogen-bond donors (Lipinski definition) is 2. The molecule has 20 heavy (non-hydrogen) atoms. The number of hydrogen-bond acceptors (Lipinski definition) is 3. The zero-order valence-electron chi connectivity index (χ0n) is 12.5. The molecular formula is C15H23BrN2O2. The number of amides is 1. The number of carbonyl (C=O) groups excluding carboxylic acids is 1. The highest BCUT2D eigenvalue weighted by atomic mass is 79.9. The minimum absolute atomic E-state index is 0.00713. The number of aliphatic hydroxyl groups is 1. The van der Waals surface area contributed by atoms with Crippen LogP contribution in [0.15, 0.2) is 22.7 Å². The molecule has 1 atom stereocenters. The molecule has 0 heterocycles. The average molecular weight is 343 g/mol. The van der Waals surface area contributed by atoms with E-state index >= 15 is 0 Å². The maximum Gasteiger partial charge on any atom is 0.239 e. The number of benzene rings is 1. The summed E-state index contributed by atoms with van der Waals surface area (Å²) in [4.78, 5) is 13.7. The van der Waals surface area contributed by atoms with E-state index in [1.165, 1.54) is 0 Å². The number of carbonyl (C=O) groups is 1. The van der Waals surface area contributed by atoms with Gasteiger partial charge in [-0.3, -0.25) is 4.79 Å². The third-order valence-electron chi connectivity index (χ3n) is 2.95. The normalized spacial score (nSPS) is 12.3. The summed E-state index contributed by atoms with van der Waals surface area (Å²) in [7, 11) is 1.87. The van der Waals surface area contributed by atoms with Crippen molar-refractivity contribution in [3.8, 4) is 0 Å². The van der Waals surface area contributed by atoms with Crippen LogP contribution in [0.1, 0.15) is 32.4 Å². The van der Waals surface area contributed by atoms with Gasteiger partial charge in [-0.05, 0) is 46.5 Å². The van der Waals surface area contributed by atoms with E-state index in [9.17, 15) is 9.90 Å². The third kappa shape index (κ3) is 5.13. The first-order chi connectivity index (χ1) is 9.31. The SMILES string of the molecule is CC(C)CNC(=O)CN(C)c1ccc([C@@H](C)O)cc1Br. The predicted molar refractivity (Wildman–Crippen MR) is 85.9 cm³/mol. The van der Waals surface area contributed by atoms with Crippen molar-refractivity contribution in [2.24, 2.45) is 5.92 Å². The van der Waals surface area contributed by atoms with Crippen molar-refractivity contribution in [1.82, 2.24) is 5.32 Å². The molecule has 0 aliphatic carbocycles. The zero-order valence-corrected chi connectivity index (χ0v) is 14.1. The molecule has 0 spiro atoms. The Hall–Kier alpha value is -1.07. The first kappa shape index (κ1) is 17.0. The highest BCUT2D eigenvalue weighted by Gasteiger charge is 2.12. The van der Waals surface area contributed by atoms with Gasteiger partial charge in [0.2, 0.25) is 5.91 Å². The Balaban J connectivity index is 2.68. The van der Waals surface area contributed by atoms with Crippen LogP contribution in [-0.2, 0) is 4.79 Å². The summed E-state index contributed by atoms with van der Waals surface area (Å²) in [5, 5.41) is 12.4. The lowest BCUT2D eigenvalue weighted by Gasteiger charge is -2.21. The molecule has 0 aliphatic rings. The standard InChI is InChI=1S/C15H23BrN2O2/c1-10(2)8-17-15(20)9-18(4)14-6-5-12(11(3)19)7-13(14)16/h5-7,10-11,19H,8-9H2,1-4H3,(H,17,20)/t11-/m1/s1. The van der Waals surface area contributed by atoms with Crippen molar-refractivity contribution in [2.45, 2.75) is 26.9 Å². The second-order valence-electron chi connectivity index (χ2n) is 5.44. The third-order valence-corrected chi connectivity index (χ3v) is 3.59. The first-order valence-corrected chi connectivity index (χ1v) is 7.56. The van der Waals surface area contributed by atoms with Crippen LogP contribution in [0.25, 0.3) is 0 Å². The number of anilines is 1. The van der Waals surface area contributed by atoms with Gasteiger partial charge >= 0.3 is 0 Å². The van der Waals surface area contributed by atoms with Crippen LogP contribution in [0.2, 0.25) is 0 Å². The van der Waals surface area contributed by atoms with Gasteiger partial charge < -0.3 is 15.3 Å². The average Bonchev–Trinajstić information content (AvgIpc) is 2.35. The number of nitrogens with one attached hydrogen (secondary N) is 1. The Bertz CT molecular complexity index is 461. The highest BCUT2D eigenvalue weighted by Crippen LogP contribution is 2.28. The molecule has 5 heteroatoms. The fourth-order valence-corrected chi connectivity index (χ4v) is 2.47. The summed E-state index contributed by atoms with van der Waals surface area (Å²) < 4.78 is 0.870. The van der Waals surface area contributed by atoms with Crippen molar-refractivity contribution < 1.29 is 9.90 Å². The Kier molecular flexibility index (Phi) is 6.49. The fraction of sp³-hybridized carbons (Fsp3) is 0.533. The van der Waals surface area contributed by atoms with E-state index in [0.717, 1.165) is 15.7 Å². The van der Waals surface area contributed by atoms with Gasteiger partial charge in [0.05, 0.1) is 18.3 Å². The molecular weight excluding hydrogens is 320 g/mol. The van der Waals surface area contributed by atoms with E-state index in [1.807, 2.05) is 30.1 Å². The van der Waals surface area contributed by atoms with Gasteiger partial charge in [-0.1, -0.05) is 19.9 Å². The van der Waals surface area contributed by atoms with Crippen LogP contribution in [0.4, 0.5) is 5.69 Å². The quantitative estimate of drug-likeness (QED) is 0.835. The molecule has 1 aromatic carbocycles. The van der Waals surface area contributed by atoms with Crippen LogP contribution in [-0.4, -0.2) is 31.2 Å². The number of aliphatic hydroxyl groups excluding tert-OH is 1. The highest BCUT2D eigenvalue weighted by molar-refractivity contribution is 9.10. The van der Waals surface area contributed by atoms with Gasteiger partial charge in [0.1, 0.15) is 0 Å². The molecule has 1 aromatic rings. The molecule has 1 amide bonds. The Labute approximate surface area is 129 Å². The molecule has 2 N–H and O–H groups in total. The molecule has 0 aromatic heterocycles. The molecule has 0 saturated carbocycles. The van der Waals surface area contributed by atoms with Crippen LogP contribution >= 0.6 is 15.9 Å². The van der Waals surface area contributed by atoms with E-state index in [1.54, 1.807) is 6.92 Å². The van der Waals surface area contributed by atoms with Crippen molar-refractivity contribution in [1.29, 1.82) is 0 Å². The lowest BCUT2D eigenvalue weighted by atomic mass is 10.1. The number of nitrogens with zero attached hydrogens (tertiary/aromatic N) is 1. The largest absolute Gasteiger partial charge is 0.389 e. The topological polar surface area (TPSA) is 52.6 Å². The van der Waals surface area contributed by atoms with E-state index in [2.05, 4.69) is 35.1 Å². The molecule has 4 nitrogen and oxygen atoms in total. The van der Waals surface area contributed by atoms with Crippen molar-refractivity contribution >= 4 is 27.5 Å². The Morgan fingerprint density at radius 3 is 2.55 bits per heavy atom. The van der Waals surface area contributed by atoms with Crippen molar-refractivity contribution in [2.75, 3.05) is 25.0 Å². The fourth-order valence-electron chi connectivity index (χ4n) is 1.77. The van der Waals surface area contributed by atoms with Gasteiger partial charge in [0.15, 0.2) is 0 Å². The van der Waals surface area contributed by atoms with E-state index in [-0.39, 0.29) is 5.91 Å². The van der Waals surface area contributed by atoms with Gasteiger partial charge in [-0.25, -0.2) is 0 Å². The second-order valence-corrected chi connectivity index (χ2v) is 6.30. The number of likely N-dealkylation sites (N-methyl/N-ethyl adjacent to an activating group) is 1. The van der Waals surface area contributed by atoms with Crippen LogP contribution in [0.3, 0.4) is 0 Å². The molecule has 0 radical (unpaired) electrons. The van der Waals surface area contributed by atoms with Crippen LogP contribution in [0.5, 0.6) is 0 Å². The number of halogens is 1. The lowest BCUT2D eigenvalue weighted by Crippen LogP contribution is -2.37. The second kappa shape index (κ2) is 7.64. The molecule has 0 aliphatic heterocycles. The minimum Gasteiger partial charge on any atom is -0.389 e. The minimum atomic E-state index is -0.500. The molecule has 0 fully saturated rings. The lowest BCUT2D eigenvalue weighted by molar-refractivity contribution is -0.119. The van der Waals surface area contributed by atoms with Gasteiger partial charge in [0, 0.05) is 18.1 Å². The summed E-state index contributed by atoms with van der Waals surface area (Å²) in [6.45, 7) is 6.85. The number of rotatable bonds is 6. The predicted octanol–water partition coefficient (Wildman–Crippen LogP) is 2.71. The molecule has 0 saturated heterocycles. The smallest absolute Gasteiger partial charge is 0.239 e. The van der Waals surface area contributed by atoms with Crippen LogP contribution < -0.4 is 10.2 Å². The van der Waals surface area contributed by atoms with Gasteiger partial charge in [0.25, 0.3) is 0 Å². The van der Waals surface area contributed by atoms with E-state index < -0.39 is 6.10 Å². The maximum absolute atomic E-state index is 11.8. The summed E-state index contributed by atoms with van der Waals surface area (Å²) in [6.07, 6.45) is -0.500.